The van der Waals surface area contributed by atoms with Crippen LogP contribution in [0.2, 0.25) is 5.54 Å². The van der Waals surface area contributed by atoms with Gasteiger partial charge in [-0.05, 0) is 19.9 Å². The van der Waals surface area contributed by atoms with Crippen LogP contribution in [0.3, 0.4) is 0 Å². The topological polar surface area (TPSA) is 39.7 Å². The van der Waals surface area contributed by atoms with Crippen LogP contribution in [0.4, 0.5) is 0 Å². The minimum Gasteiger partial charge on any atom is -0.377 e. The predicted octanol–water partition coefficient (Wildman–Crippen LogP) is 1.64. The lowest BCUT2D eigenvalue weighted by Crippen LogP contribution is -2.53. The molecule has 0 fully saturated rings. The Morgan fingerprint density at radius 3 is 1.80 bits per heavy atom. The average Bonchev–Trinajstić information content (AvgIpc) is 2.26. The summed E-state index contributed by atoms with van der Waals surface area (Å²) >= 11 is 0. The fourth-order valence-corrected chi connectivity index (χ4v) is 4.72. The van der Waals surface area contributed by atoms with Crippen molar-refractivity contribution in [2.75, 3.05) is 27.9 Å². The molecule has 15 heavy (non-hydrogen) atoms. The van der Waals surface area contributed by atoms with E-state index in [0.29, 0.717) is 6.04 Å². The number of hydrogen-bond acceptors (Lipinski definition) is 4. The lowest BCUT2D eigenvalue weighted by Gasteiger charge is -2.35. The summed E-state index contributed by atoms with van der Waals surface area (Å²) in [4.78, 5) is 0. The molecule has 4 nitrogen and oxygen atoms in total. The van der Waals surface area contributed by atoms with Crippen molar-refractivity contribution in [2.24, 2.45) is 0 Å². The van der Waals surface area contributed by atoms with Crippen molar-refractivity contribution in [1.29, 1.82) is 0 Å². The van der Waals surface area contributed by atoms with Crippen LogP contribution >= 0.6 is 0 Å². The Morgan fingerprint density at radius 2 is 1.53 bits per heavy atom. The van der Waals surface area contributed by atoms with Crippen molar-refractivity contribution in [3.63, 3.8) is 0 Å². The highest BCUT2D eigenvalue weighted by atomic mass is 28.4. The highest BCUT2D eigenvalue weighted by Crippen LogP contribution is 2.30. The lowest BCUT2D eigenvalue weighted by atomic mass is 10.2. The molecule has 1 N–H and O–H groups in total. The molecule has 2 unspecified atom stereocenters. The van der Waals surface area contributed by atoms with Crippen LogP contribution in [-0.2, 0) is 13.3 Å². The Balaban J connectivity index is 4.72. The van der Waals surface area contributed by atoms with Gasteiger partial charge in [-0.3, -0.25) is 0 Å². The Bertz CT molecular complexity index is 156. The second-order valence-corrected chi connectivity index (χ2v) is 6.75. The van der Waals surface area contributed by atoms with Gasteiger partial charge >= 0.3 is 8.80 Å². The van der Waals surface area contributed by atoms with Crippen molar-refractivity contribution in [2.45, 2.75) is 38.8 Å². The summed E-state index contributed by atoms with van der Waals surface area (Å²) in [6.45, 7) is 7.33. The average molecular weight is 235 g/mol. The van der Waals surface area contributed by atoms with Crippen molar-refractivity contribution in [1.82, 2.24) is 5.32 Å². The predicted molar refractivity (Wildman–Crippen MR) is 64.0 cm³/mol. The minimum absolute atomic E-state index is 0.289. The smallest absolute Gasteiger partial charge is 0.377 e. The van der Waals surface area contributed by atoms with Gasteiger partial charge in [-0.1, -0.05) is 13.8 Å². The summed E-state index contributed by atoms with van der Waals surface area (Å²) in [5.74, 6) is 0. The van der Waals surface area contributed by atoms with Gasteiger partial charge < -0.3 is 18.6 Å². The third kappa shape index (κ3) is 3.53. The molecule has 0 aliphatic carbocycles. The van der Waals surface area contributed by atoms with Crippen LogP contribution in [0.25, 0.3) is 0 Å². The SMILES string of the molecule is CCNC(C)C(CC)[Si](OC)(OC)OC. The Labute approximate surface area is 94.7 Å². The second-order valence-electron chi connectivity index (χ2n) is 3.58. The first-order chi connectivity index (χ1) is 7.11. The van der Waals surface area contributed by atoms with E-state index in [-0.39, 0.29) is 5.54 Å². The van der Waals surface area contributed by atoms with E-state index in [0.717, 1.165) is 13.0 Å². The standard InChI is InChI=1S/C10H25NO3Si/c1-7-10(9(3)11-8-2)15(12-4,13-5)14-6/h9-11H,7-8H2,1-6H3. The van der Waals surface area contributed by atoms with Crippen molar-refractivity contribution in [3.05, 3.63) is 0 Å². The first-order valence-corrected chi connectivity index (χ1v) is 7.30. The highest BCUT2D eigenvalue weighted by Gasteiger charge is 2.48. The van der Waals surface area contributed by atoms with Crippen LogP contribution in [0, 0.1) is 0 Å². The van der Waals surface area contributed by atoms with Gasteiger partial charge in [0.2, 0.25) is 0 Å². The van der Waals surface area contributed by atoms with Crippen LogP contribution in [0.1, 0.15) is 27.2 Å². The van der Waals surface area contributed by atoms with Gasteiger partial charge in [0.1, 0.15) is 0 Å². The number of rotatable bonds is 8. The van der Waals surface area contributed by atoms with E-state index in [1.54, 1.807) is 21.3 Å². The molecule has 0 aliphatic rings. The fourth-order valence-electron chi connectivity index (χ4n) is 2.08. The molecule has 0 aromatic heterocycles. The summed E-state index contributed by atoms with van der Waals surface area (Å²) in [6.07, 6.45) is 0.982. The van der Waals surface area contributed by atoms with E-state index >= 15 is 0 Å². The quantitative estimate of drug-likeness (QED) is 0.649. The zero-order chi connectivity index (χ0) is 11.9. The van der Waals surface area contributed by atoms with Gasteiger partial charge in [0, 0.05) is 32.9 Å². The fraction of sp³-hybridized carbons (Fsp3) is 1.00. The van der Waals surface area contributed by atoms with Gasteiger partial charge in [0.15, 0.2) is 0 Å². The zero-order valence-corrected chi connectivity index (χ0v) is 11.8. The molecule has 0 aromatic rings. The molecule has 0 rings (SSSR count). The van der Waals surface area contributed by atoms with Gasteiger partial charge in [-0.25, -0.2) is 0 Å². The van der Waals surface area contributed by atoms with Crippen LogP contribution in [0.5, 0.6) is 0 Å². The van der Waals surface area contributed by atoms with Gasteiger partial charge in [-0.15, -0.1) is 0 Å². The molecule has 0 amide bonds. The zero-order valence-electron chi connectivity index (χ0n) is 10.8. The van der Waals surface area contributed by atoms with E-state index in [1.807, 2.05) is 0 Å². The van der Waals surface area contributed by atoms with Crippen molar-refractivity contribution < 1.29 is 13.3 Å². The summed E-state index contributed by atoms with van der Waals surface area (Å²) in [6, 6.07) is 0.339. The van der Waals surface area contributed by atoms with Crippen molar-refractivity contribution in [3.8, 4) is 0 Å². The molecule has 2 atom stereocenters. The molecule has 0 spiro atoms. The largest absolute Gasteiger partial charge is 0.504 e. The van der Waals surface area contributed by atoms with E-state index in [9.17, 15) is 0 Å². The Kier molecular flexibility index (Phi) is 7.38. The van der Waals surface area contributed by atoms with E-state index in [2.05, 4.69) is 26.1 Å². The highest BCUT2D eigenvalue weighted by molar-refractivity contribution is 6.62. The maximum Gasteiger partial charge on any atom is 0.504 e. The van der Waals surface area contributed by atoms with Crippen molar-refractivity contribution >= 4 is 8.80 Å². The molecule has 0 heterocycles. The number of nitrogens with one attached hydrogen (secondary N) is 1. The maximum atomic E-state index is 5.51. The first kappa shape index (κ1) is 15.1. The molecular weight excluding hydrogens is 210 g/mol. The van der Waals surface area contributed by atoms with Crippen LogP contribution in [-0.4, -0.2) is 42.7 Å². The molecule has 0 saturated carbocycles. The molecular formula is C10H25NO3Si. The number of hydrogen-bond donors (Lipinski definition) is 1. The van der Waals surface area contributed by atoms with Gasteiger partial charge in [0.25, 0.3) is 0 Å². The monoisotopic (exact) mass is 235 g/mol. The van der Waals surface area contributed by atoms with Gasteiger partial charge in [0.05, 0.1) is 0 Å². The summed E-state index contributed by atoms with van der Waals surface area (Å²) in [5, 5.41) is 3.40. The minimum atomic E-state index is -2.51. The Hall–Kier alpha value is 0.0569. The Morgan fingerprint density at radius 1 is 1.07 bits per heavy atom. The van der Waals surface area contributed by atoms with Crippen LogP contribution < -0.4 is 5.32 Å². The molecule has 0 bridgehead atoms. The van der Waals surface area contributed by atoms with Gasteiger partial charge in [-0.2, -0.15) is 0 Å². The summed E-state index contributed by atoms with van der Waals surface area (Å²) in [7, 11) is 2.49. The third-order valence-electron chi connectivity index (χ3n) is 2.88. The second kappa shape index (κ2) is 7.35. The molecule has 92 valence electrons. The molecule has 5 heteroatoms. The first-order valence-electron chi connectivity index (χ1n) is 5.50. The van der Waals surface area contributed by atoms with E-state index in [4.69, 9.17) is 13.3 Å². The molecule has 0 aliphatic heterocycles. The molecule has 0 radical (unpaired) electrons. The lowest BCUT2D eigenvalue weighted by molar-refractivity contribution is 0.105. The summed E-state index contributed by atoms with van der Waals surface area (Å²) in [5.41, 5.74) is 0.289. The third-order valence-corrected chi connectivity index (χ3v) is 6.40. The van der Waals surface area contributed by atoms with E-state index in [1.165, 1.54) is 0 Å². The van der Waals surface area contributed by atoms with Crippen LogP contribution in [0.15, 0.2) is 0 Å². The van der Waals surface area contributed by atoms with E-state index < -0.39 is 8.80 Å². The maximum absolute atomic E-state index is 5.51. The molecule has 0 saturated heterocycles. The molecule has 0 aromatic carbocycles. The normalized spacial score (nSPS) is 16.4. The summed E-state index contributed by atoms with van der Waals surface area (Å²) < 4.78 is 16.5.